The first-order valence-electron chi connectivity index (χ1n) is 6.78. The molecule has 0 spiro atoms. The summed E-state index contributed by atoms with van der Waals surface area (Å²) in [6, 6.07) is 13.9. The van der Waals surface area contributed by atoms with Crippen molar-refractivity contribution < 1.29 is 9.90 Å². The Morgan fingerprint density at radius 1 is 1.24 bits per heavy atom. The van der Waals surface area contributed by atoms with Gasteiger partial charge in [-0.25, -0.2) is 0 Å². The van der Waals surface area contributed by atoms with Crippen LogP contribution in [0.1, 0.15) is 6.92 Å². The lowest BCUT2D eigenvalue weighted by Crippen LogP contribution is -2.33. The molecule has 5 heteroatoms. The van der Waals surface area contributed by atoms with Crippen LogP contribution in [0.2, 0.25) is 0 Å². The average Bonchev–Trinajstić information content (AvgIpc) is 2.47. The molecule has 0 saturated carbocycles. The Morgan fingerprint density at radius 2 is 1.95 bits per heavy atom. The summed E-state index contributed by atoms with van der Waals surface area (Å²) in [6.45, 7) is 2.84. The third kappa shape index (κ3) is 4.14. The molecule has 0 radical (unpaired) electrons. The SMILES string of the molecule is CCN(CC(=O)Nc1ccc(N)cc1)c1cccc(O)c1. The first-order valence-corrected chi connectivity index (χ1v) is 6.78. The van der Waals surface area contributed by atoms with Gasteiger partial charge in [0, 0.05) is 29.7 Å². The van der Waals surface area contributed by atoms with Crippen LogP contribution in [0.5, 0.6) is 5.75 Å². The molecule has 0 aliphatic carbocycles. The Balaban J connectivity index is 2.01. The zero-order chi connectivity index (χ0) is 15.2. The number of amides is 1. The summed E-state index contributed by atoms with van der Waals surface area (Å²) >= 11 is 0. The number of aromatic hydroxyl groups is 1. The number of nitrogens with two attached hydrogens (primary N) is 1. The minimum atomic E-state index is -0.120. The van der Waals surface area contributed by atoms with Gasteiger partial charge in [0.1, 0.15) is 5.75 Å². The molecule has 2 rings (SSSR count). The third-order valence-electron chi connectivity index (χ3n) is 3.11. The molecular formula is C16H19N3O2. The molecule has 4 N–H and O–H groups in total. The Hall–Kier alpha value is -2.69. The number of likely N-dealkylation sites (N-methyl/N-ethyl adjacent to an activating group) is 1. The number of nitrogens with one attached hydrogen (secondary N) is 1. The summed E-state index contributed by atoms with van der Waals surface area (Å²) in [6.07, 6.45) is 0. The predicted octanol–water partition coefficient (Wildman–Crippen LogP) is 2.44. The molecule has 0 bridgehead atoms. The standard InChI is InChI=1S/C16H19N3O2/c1-2-19(14-4-3-5-15(20)10-14)11-16(21)18-13-8-6-12(17)7-9-13/h3-10,20H,2,11,17H2,1H3,(H,18,21). The second-order valence-electron chi connectivity index (χ2n) is 4.70. The van der Waals surface area contributed by atoms with Crippen LogP contribution in [0.15, 0.2) is 48.5 Å². The van der Waals surface area contributed by atoms with Gasteiger partial charge < -0.3 is 21.1 Å². The Morgan fingerprint density at radius 3 is 2.57 bits per heavy atom. The number of nitrogen functional groups attached to an aromatic ring is 1. The van der Waals surface area contributed by atoms with E-state index in [4.69, 9.17) is 5.73 Å². The molecule has 0 fully saturated rings. The maximum atomic E-state index is 12.1. The number of nitrogens with zero attached hydrogens (tertiary/aromatic N) is 1. The van der Waals surface area contributed by atoms with E-state index in [0.29, 0.717) is 17.9 Å². The van der Waals surface area contributed by atoms with Gasteiger partial charge in [0.25, 0.3) is 0 Å². The van der Waals surface area contributed by atoms with E-state index in [0.717, 1.165) is 5.69 Å². The molecule has 0 unspecified atom stereocenters. The second-order valence-corrected chi connectivity index (χ2v) is 4.70. The summed E-state index contributed by atoms with van der Waals surface area (Å²) in [4.78, 5) is 14.0. The van der Waals surface area contributed by atoms with Crippen molar-refractivity contribution in [1.82, 2.24) is 0 Å². The monoisotopic (exact) mass is 285 g/mol. The van der Waals surface area contributed by atoms with Crippen molar-refractivity contribution in [2.24, 2.45) is 0 Å². The van der Waals surface area contributed by atoms with Crippen LogP contribution in [0.25, 0.3) is 0 Å². The smallest absolute Gasteiger partial charge is 0.243 e. The molecule has 0 heterocycles. The fraction of sp³-hybridized carbons (Fsp3) is 0.188. The van der Waals surface area contributed by atoms with Gasteiger partial charge in [0.05, 0.1) is 6.54 Å². The summed E-state index contributed by atoms with van der Waals surface area (Å²) in [7, 11) is 0. The van der Waals surface area contributed by atoms with Gasteiger partial charge in [0.2, 0.25) is 5.91 Å². The number of hydrogen-bond donors (Lipinski definition) is 3. The van der Waals surface area contributed by atoms with E-state index in [1.807, 2.05) is 17.9 Å². The topological polar surface area (TPSA) is 78.6 Å². The first kappa shape index (κ1) is 14.7. The van der Waals surface area contributed by atoms with Gasteiger partial charge in [-0.1, -0.05) is 6.07 Å². The number of carbonyl (C=O) groups excluding carboxylic acids is 1. The van der Waals surface area contributed by atoms with Crippen LogP contribution in [0.4, 0.5) is 17.1 Å². The van der Waals surface area contributed by atoms with Gasteiger partial charge in [-0.2, -0.15) is 0 Å². The van der Waals surface area contributed by atoms with Crippen LogP contribution in [-0.4, -0.2) is 24.1 Å². The summed E-state index contributed by atoms with van der Waals surface area (Å²) in [5.74, 6) is 0.0647. The van der Waals surface area contributed by atoms with Crippen molar-refractivity contribution in [2.45, 2.75) is 6.92 Å². The Bertz CT molecular complexity index is 611. The van der Waals surface area contributed by atoms with E-state index in [2.05, 4.69) is 5.32 Å². The van der Waals surface area contributed by atoms with Crippen molar-refractivity contribution >= 4 is 23.0 Å². The minimum Gasteiger partial charge on any atom is -0.508 e. The lowest BCUT2D eigenvalue weighted by atomic mass is 10.2. The Kier molecular flexibility index (Phi) is 4.66. The quantitative estimate of drug-likeness (QED) is 0.737. The minimum absolute atomic E-state index is 0.120. The van der Waals surface area contributed by atoms with Crippen molar-refractivity contribution in [3.63, 3.8) is 0 Å². The number of anilines is 3. The molecule has 0 aromatic heterocycles. The van der Waals surface area contributed by atoms with Crippen LogP contribution in [0, 0.1) is 0 Å². The average molecular weight is 285 g/mol. The fourth-order valence-electron chi connectivity index (χ4n) is 2.02. The van der Waals surface area contributed by atoms with Gasteiger partial charge in [0.15, 0.2) is 0 Å². The zero-order valence-electron chi connectivity index (χ0n) is 11.9. The van der Waals surface area contributed by atoms with Gasteiger partial charge in [-0.15, -0.1) is 0 Å². The Labute approximate surface area is 124 Å². The molecule has 21 heavy (non-hydrogen) atoms. The van der Waals surface area contributed by atoms with Crippen molar-refractivity contribution in [1.29, 1.82) is 0 Å². The normalized spacial score (nSPS) is 10.1. The van der Waals surface area contributed by atoms with Crippen LogP contribution < -0.4 is 16.0 Å². The van der Waals surface area contributed by atoms with E-state index >= 15 is 0 Å². The number of carbonyl (C=O) groups is 1. The summed E-state index contributed by atoms with van der Waals surface area (Å²) < 4.78 is 0. The molecular weight excluding hydrogens is 266 g/mol. The lowest BCUT2D eigenvalue weighted by Gasteiger charge is -2.22. The summed E-state index contributed by atoms with van der Waals surface area (Å²) in [5, 5.41) is 12.3. The number of rotatable bonds is 5. The van der Waals surface area contributed by atoms with Crippen LogP contribution in [0.3, 0.4) is 0 Å². The lowest BCUT2D eigenvalue weighted by molar-refractivity contribution is -0.115. The maximum Gasteiger partial charge on any atom is 0.243 e. The van der Waals surface area contributed by atoms with Gasteiger partial charge in [-0.3, -0.25) is 4.79 Å². The molecule has 2 aromatic carbocycles. The fourth-order valence-corrected chi connectivity index (χ4v) is 2.02. The summed E-state index contributed by atoms with van der Waals surface area (Å²) in [5.41, 5.74) is 7.78. The van der Waals surface area contributed by atoms with Crippen molar-refractivity contribution in [3.8, 4) is 5.75 Å². The van der Waals surface area contributed by atoms with Crippen LogP contribution in [-0.2, 0) is 4.79 Å². The highest BCUT2D eigenvalue weighted by Gasteiger charge is 2.10. The molecule has 5 nitrogen and oxygen atoms in total. The van der Waals surface area contributed by atoms with Crippen LogP contribution >= 0.6 is 0 Å². The number of phenols is 1. The van der Waals surface area contributed by atoms with E-state index < -0.39 is 0 Å². The highest BCUT2D eigenvalue weighted by molar-refractivity contribution is 5.94. The third-order valence-corrected chi connectivity index (χ3v) is 3.11. The van der Waals surface area contributed by atoms with E-state index in [1.165, 1.54) is 0 Å². The molecule has 0 aliphatic rings. The zero-order valence-corrected chi connectivity index (χ0v) is 11.9. The highest BCUT2D eigenvalue weighted by atomic mass is 16.3. The maximum absolute atomic E-state index is 12.1. The largest absolute Gasteiger partial charge is 0.508 e. The first-order chi connectivity index (χ1) is 10.1. The molecule has 0 atom stereocenters. The highest BCUT2D eigenvalue weighted by Crippen LogP contribution is 2.20. The number of phenolic OH excluding ortho intramolecular Hbond substituents is 1. The molecule has 2 aromatic rings. The molecule has 0 aliphatic heterocycles. The van der Waals surface area contributed by atoms with E-state index in [1.54, 1.807) is 42.5 Å². The molecule has 110 valence electrons. The van der Waals surface area contributed by atoms with Crippen molar-refractivity contribution in [3.05, 3.63) is 48.5 Å². The number of hydrogen-bond acceptors (Lipinski definition) is 4. The van der Waals surface area contributed by atoms with E-state index in [-0.39, 0.29) is 18.2 Å². The predicted molar refractivity (Wildman–Crippen MR) is 85.5 cm³/mol. The van der Waals surface area contributed by atoms with Crippen molar-refractivity contribution in [2.75, 3.05) is 29.0 Å². The van der Waals surface area contributed by atoms with E-state index in [9.17, 15) is 9.90 Å². The van der Waals surface area contributed by atoms with Gasteiger partial charge >= 0.3 is 0 Å². The van der Waals surface area contributed by atoms with Gasteiger partial charge in [-0.05, 0) is 43.3 Å². The second kappa shape index (κ2) is 6.65. The molecule has 1 amide bonds. The molecule has 0 saturated heterocycles. The number of benzene rings is 2.